The van der Waals surface area contributed by atoms with E-state index in [1.165, 1.54) is 16.8 Å². The summed E-state index contributed by atoms with van der Waals surface area (Å²) in [5, 5.41) is 12.5. The van der Waals surface area contributed by atoms with Gasteiger partial charge in [0.15, 0.2) is 9.84 Å². The normalized spacial score (nSPS) is 11.6. The average Bonchev–Trinajstić information content (AvgIpc) is 2.72. The lowest BCUT2D eigenvalue weighted by atomic mass is 10.2. The van der Waals surface area contributed by atoms with Crippen LogP contribution in [-0.4, -0.2) is 29.3 Å². The first-order chi connectivity index (χ1) is 9.72. The van der Waals surface area contributed by atoms with Crippen molar-refractivity contribution < 1.29 is 18.3 Å². The molecule has 1 aromatic heterocycles. The molecule has 9 heteroatoms. The Labute approximate surface area is 130 Å². The molecular formula is C12H10Cl2N2O4S. The molecule has 0 unspecified atom stereocenters. The number of carboxylic acids is 1. The summed E-state index contributed by atoms with van der Waals surface area (Å²) in [6.45, 7) is 0. The van der Waals surface area contributed by atoms with Gasteiger partial charge < -0.3 is 5.11 Å². The number of hydrogen-bond donors (Lipinski definition) is 1. The van der Waals surface area contributed by atoms with Gasteiger partial charge in [-0.15, -0.1) is 0 Å². The minimum Gasteiger partial charge on any atom is -0.478 e. The third-order valence-corrected chi connectivity index (χ3v) is 5.22. The number of aromatic carboxylic acids is 1. The van der Waals surface area contributed by atoms with Crippen LogP contribution in [0.3, 0.4) is 0 Å². The lowest BCUT2D eigenvalue weighted by Crippen LogP contribution is -2.09. The van der Waals surface area contributed by atoms with E-state index in [0.29, 0.717) is 5.69 Å². The summed E-state index contributed by atoms with van der Waals surface area (Å²) in [5.41, 5.74) is -0.0965. The van der Waals surface area contributed by atoms with Crippen molar-refractivity contribution in [2.75, 3.05) is 0 Å². The molecule has 0 atom stereocenters. The van der Waals surface area contributed by atoms with Gasteiger partial charge in [-0.2, -0.15) is 5.10 Å². The second kappa shape index (κ2) is 5.67. The van der Waals surface area contributed by atoms with E-state index < -0.39 is 26.4 Å². The fraction of sp³-hybridized carbons (Fsp3) is 0.167. The van der Waals surface area contributed by atoms with Crippen molar-refractivity contribution in [3.8, 4) is 0 Å². The number of aromatic nitrogens is 2. The molecule has 2 rings (SSSR count). The number of benzene rings is 1. The molecule has 0 fully saturated rings. The van der Waals surface area contributed by atoms with Gasteiger partial charge in [0.05, 0.1) is 32.0 Å². The van der Waals surface area contributed by atoms with E-state index in [9.17, 15) is 13.2 Å². The van der Waals surface area contributed by atoms with E-state index in [-0.39, 0.29) is 15.7 Å². The van der Waals surface area contributed by atoms with Gasteiger partial charge in [-0.3, -0.25) is 4.68 Å². The molecule has 2 aromatic rings. The monoisotopic (exact) mass is 348 g/mol. The summed E-state index contributed by atoms with van der Waals surface area (Å²) in [6.07, 6.45) is 1.61. The highest BCUT2D eigenvalue weighted by molar-refractivity contribution is 7.90. The van der Waals surface area contributed by atoms with Crippen molar-refractivity contribution >= 4 is 39.0 Å². The van der Waals surface area contributed by atoms with Crippen molar-refractivity contribution in [1.29, 1.82) is 0 Å². The highest BCUT2D eigenvalue weighted by Gasteiger charge is 2.25. The molecular weight excluding hydrogens is 339 g/mol. The summed E-state index contributed by atoms with van der Waals surface area (Å²) >= 11 is 11.6. The van der Waals surface area contributed by atoms with Crippen LogP contribution in [0.2, 0.25) is 10.0 Å². The number of aryl methyl sites for hydroxylation is 1. The summed E-state index contributed by atoms with van der Waals surface area (Å²) < 4.78 is 26.2. The largest absolute Gasteiger partial charge is 0.478 e. The number of carboxylic acid groups (broad SMARTS) is 1. The van der Waals surface area contributed by atoms with Crippen molar-refractivity contribution in [2.24, 2.45) is 7.05 Å². The first-order valence-corrected chi connectivity index (χ1v) is 8.06. The van der Waals surface area contributed by atoms with E-state index in [1.54, 1.807) is 19.3 Å². The molecule has 1 aromatic carbocycles. The molecule has 1 N–H and O–H groups in total. The summed E-state index contributed by atoms with van der Waals surface area (Å²) in [4.78, 5) is 10.8. The van der Waals surface area contributed by atoms with Gasteiger partial charge in [0.2, 0.25) is 0 Å². The van der Waals surface area contributed by atoms with Crippen LogP contribution in [0.25, 0.3) is 0 Å². The van der Waals surface area contributed by atoms with E-state index in [2.05, 4.69) is 5.10 Å². The number of nitrogens with zero attached hydrogens (tertiary/aromatic N) is 2. The van der Waals surface area contributed by atoms with Crippen LogP contribution in [0.15, 0.2) is 29.3 Å². The van der Waals surface area contributed by atoms with E-state index in [0.717, 1.165) is 0 Å². The minimum atomic E-state index is -3.83. The molecule has 112 valence electrons. The molecule has 1 heterocycles. The zero-order valence-corrected chi connectivity index (χ0v) is 13.1. The average molecular weight is 349 g/mol. The van der Waals surface area contributed by atoms with Crippen LogP contribution in [0.4, 0.5) is 0 Å². The van der Waals surface area contributed by atoms with Gasteiger partial charge in [0, 0.05) is 13.2 Å². The van der Waals surface area contributed by atoms with Gasteiger partial charge in [-0.1, -0.05) is 23.2 Å². The third-order valence-electron chi connectivity index (χ3n) is 2.71. The third kappa shape index (κ3) is 3.20. The van der Waals surface area contributed by atoms with Crippen molar-refractivity contribution in [2.45, 2.75) is 10.6 Å². The van der Waals surface area contributed by atoms with Crippen LogP contribution in [0.1, 0.15) is 16.1 Å². The molecule has 0 bridgehead atoms. The van der Waals surface area contributed by atoms with Crippen LogP contribution < -0.4 is 0 Å². The summed E-state index contributed by atoms with van der Waals surface area (Å²) in [6, 6.07) is 3.94. The smallest absolute Gasteiger partial charge is 0.338 e. The van der Waals surface area contributed by atoms with Crippen molar-refractivity contribution in [3.05, 3.63) is 45.7 Å². The maximum atomic E-state index is 12.3. The standard InChI is InChI=1S/C12H10Cl2N2O4S/c1-16-5-4-7(15-16)6-21(19,20)9-3-2-8(13)10(11(9)14)12(17)18/h2-5H,6H2,1H3,(H,17,18). The number of carbonyl (C=O) groups is 1. The molecule has 0 saturated carbocycles. The molecule has 0 amide bonds. The zero-order chi connectivity index (χ0) is 15.8. The number of rotatable bonds is 4. The van der Waals surface area contributed by atoms with Crippen LogP contribution in [-0.2, 0) is 22.6 Å². The van der Waals surface area contributed by atoms with Gasteiger partial charge in [-0.05, 0) is 18.2 Å². The predicted octanol–water partition coefficient (Wildman–Crippen LogP) is 2.40. The second-order valence-corrected chi connectivity index (χ2v) is 7.02. The molecule has 0 aliphatic carbocycles. The van der Waals surface area contributed by atoms with Gasteiger partial charge in [0.1, 0.15) is 0 Å². The molecule has 0 spiro atoms. The van der Waals surface area contributed by atoms with Gasteiger partial charge >= 0.3 is 5.97 Å². The quantitative estimate of drug-likeness (QED) is 0.916. The predicted molar refractivity (Wildman–Crippen MR) is 77.5 cm³/mol. The van der Waals surface area contributed by atoms with E-state index in [1.807, 2.05) is 0 Å². The van der Waals surface area contributed by atoms with Crippen molar-refractivity contribution in [3.63, 3.8) is 0 Å². The first kappa shape index (κ1) is 15.8. The fourth-order valence-corrected chi connectivity index (χ4v) is 4.02. The van der Waals surface area contributed by atoms with Crippen LogP contribution >= 0.6 is 23.2 Å². The molecule has 6 nitrogen and oxygen atoms in total. The second-order valence-electron chi connectivity index (χ2n) is 4.28. The highest BCUT2D eigenvalue weighted by Crippen LogP contribution is 2.32. The molecule has 0 aliphatic rings. The number of hydrogen-bond acceptors (Lipinski definition) is 4. The Kier molecular flexibility index (Phi) is 4.27. The molecule has 0 saturated heterocycles. The van der Waals surface area contributed by atoms with Crippen LogP contribution in [0, 0.1) is 0 Å². The Hall–Kier alpha value is -1.57. The first-order valence-electron chi connectivity index (χ1n) is 5.65. The highest BCUT2D eigenvalue weighted by atomic mass is 35.5. The van der Waals surface area contributed by atoms with E-state index in [4.69, 9.17) is 28.3 Å². The maximum absolute atomic E-state index is 12.3. The number of sulfone groups is 1. The van der Waals surface area contributed by atoms with E-state index >= 15 is 0 Å². The lowest BCUT2D eigenvalue weighted by Gasteiger charge is -2.09. The molecule has 21 heavy (non-hydrogen) atoms. The fourth-order valence-electron chi connectivity index (χ4n) is 1.78. The van der Waals surface area contributed by atoms with Gasteiger partial charge in [-0.25, -0.2) is 13.2 Å². The maximum Gasteiger partial charge on any atom is 0.338 e. The zero-order valence-electron chi connectivity index (χ0n) is 10.7. The minimum absolute atomic E-state index is 0.121. The Morgan fingerprint density at radius 3 is 2.52 bits per heavy atom. The number of halogens is 2. The van der Waals surface area contributed by atoms with Crippen molar-refractivity contribution in [1.82, 2.24) is 9.78 Å². The Balaban J connectivity index is 2.50. The molecule has 0 radical (unpaired) electrons. The SMILES string of the molecule is Cn1ccc(CS(=O)(=O)c2ccc(Cl)c(C(=O)O)c2Cl)n1. The summed E-state index contributed by atoms with van der Waals surface area (Å²) in [7, 11) is -2.17. The summed E-state index contributed by atoms with van der Waals surface area (Å²) in [5.74, 6) is -1.77. The Bertz CT molecular complexity index is 815. The lowest BCUT2D eigenvalue weighted by molar-refractivity contribution is 0.0697. The Morgan fingerprint density at radius 2 is 2.00 bits per heavy atom. The Morgan fingerprint density at radius 1 is 1.33 bits per heavy atom. The molecule has 0 aliphatic heterocycles. The van der Waals surface area contributed by atoms with Crippen LogP contribution in [0.5, 0.6) is 0 Å². The van der Waals surface area contributed by atoms with Gasteiger partial charge in [0.25, 0.3) is 0 Å². The topological polar surface area (TPSA) is 89.3 Å².